The largest absolute Gasteiger partial charge is 0.305 e. The first kappa shape index (κ1) is 16.0. The van der Waals surface area contributed by atoms with Gasteiger partial charge in [-0.3, -0.25) is 4.79 Å². The summed E-state index contributed by atoms with van der Waals surface area (Å²) in [6.45, 7) is 3.80. The molecule has 0 aliphatic heterocycles. The zero-order valence-corrected chi connectivity index (χ0v) is 13.3. The highest BCUT2D eigenvalue weighted by Crippen LogP contribution is 2.34. The van der Waals surface area contributed by atoms with E-state index in [1.165, 1.54) is 11.3 Å². The van der Waals surface area contributed by atoms with E-state index in [1.807, 2.05) is 44.2 Å². The van der Waals surface area contributed by atoms with E-state index in [0.29, 0.717) is 21.5 Å². The van der Waals surface area contributed by atoms with Gasteiger partial charge in [0.15, 0.2) is 0 Å². The highest BCUT2D eigenvalue weighted by atomic mass is 32.2. The van der Waals surface area contributed by atoms with E-state index < -0.39 is 5.76 Å². The Balaban J connectivity index is 2.34. The fraction of sp³-hybridized carbons (Fsp3) is 0.267. The van der Waals surface area contributed by atoms with Gasteiger partial charge in [0, 0.05) is 16.6 Å². The van der Waals surface area contributed by atoms with Crippen LogP contribution in [0.4, 0.5) is 14.5 Å². The van der Waals surface area contributed by atoms with Crippen LogP contribution in [0, 0.1) is 0 Å². The molecule has 0 spiro atoms. The number of halogens is 2. The number of hydrogen-bond acceptors (Lipinski definition) is 3. The smallest absolute Gasteiger partial charge is 0.288 e. The third-order valence-electron chi connectivity index (χ3n) is 2.81. The average molecular weight is 327 g/mol. The Bertz CT molecular complexity index is 599. The van der Waals surface area contributed by atoms with Crippen molar-refractivity contribution in [1.29, 1.82) is 0 Å². The lowest BCUT2D eigenvalue weighted by atomic mass is 10.2. The fourth-order valence-corrected chi connectivity index (χ4v) is 3.62. The minimum Gasteiger partial charge on any atom is -0.305 e. The molecule has 112 valence electrons. The maximum absolute atomic E-state index is 12.7. The van der Waals surface area contributed by atoms with Crippen LogP contribution in [0.5, 0.6) is 0 Å². The van der Waals surface area contributed by atoms with Crippen molar-refractivity contribution in [2.24, 2.45) is 0 Å². The first-order valence-corrected chi connectivity index (χ1v) is 8.17. The number of carbonyl (C=O) groups is 1. The van der Waals surface area contributed by atoms with Gasteiger partial charge < -0.3 is 4.90 Å². The van der Waals surface area contributed by atoms with Gasteiger partial charge in [-0.1, -0.05) is 30.0 Å². The van der Waals surface area contributed by atoms with E-state index in [4.69, 9.17) is 0 Å². The first-order chi connectivity index (χ1) is 10.0. The molecule has 1 aromatic heterocycles. The second-order valence-electron chi connectivity index (χ2n) is 4.60. The number of hydrogen-bond donors (Lipinski definition) is 0. The van der Waals surface area contributed by atoms with Crippen LogP contribution in [-0.2, 0) is 0 Å². The van der Waals surface area contributed by atoms with Gasteiger partial charge in [-0.05, 0) is 37.4 Å². The number of thioether (sulfide) groups is 1. The van der Waals surface area contributed by atoms with Crippen LogP contribution in [0.2, 0.25) is 0 Å². The van der Waals surface area contributed by atoms with Crippen molar-refractivity contribution in [3.8, 4) is 0 Å². The summed E-state index contributed by atoms with van der Waals surface area (Å²) in [6, 6.07) is 10.7. The van der Waals surface area contributed by atoms with Crippen molar-refractivity contribution in [2.45, 2.75) is 30.5 Å². The molecular formula is C15H15F2NOS2. The Kier molecular flexibility index (Phi) is 5.36. The number of nitrogens with zero attached hydrogens (tertiary/aromatic N) is 1. The van der Waals surface area contributed by atoms with E-state index in [9.17, 15) is 13.6 Å². The number of para-hydroxylation sites is 1. The monoisotopic (exact) mass is 327 g/mol. The van der Waals surface area contributed by atoms with Crippen molar-refractivity contribution in [3.63, 3.8) is 0 Å². The number of carbonyl (C=O) groups excluding carboxylic acids is 1. The zero-order chi connectivity index (χ0) is 15.4. The summed E-state index contributed by atoms with van der Waals surface area (Å²) in [5.41, 5.74) is 0.763. The summed E-state index contributed by atoms with van der Waals surface area (Å²) >= 11 is 1.61. The number of alkyl halides is 2. The topological polar surface area (TPSA) is 20.3 Å². The summed E-state index contributed by atoms with van der Waals surface area (Å²) in [4.78, 5) is 15.0. The molecule has 1 aromatic carbocycles. The number of anilines is 1. The fourth-order valence-electron chi connectivity index (χ4n) is 1.99. The summed E-state index contributed by atoms with van der Waals surface area (Å²) in [5, 5.41) is 1.67. The van der Waals surface area contributed by atoms with Crippen LogP contribution in [0.25, 0.3) is 0 Å². The number of benzene rings is 1. The Hall–Kier alpha value is -1.40. The molecule has 0 atom stereocenters. The molecule has 0 aliphatic rings. The molecule has 6 heteroatoms. The molecule has 0 fully saturated rings. The minimum atomic E-state index is -2.53. The predicted molar refractivity (Wildman–Crippen MR) is 84.6 cm³/mol. The Morgan fingerprint density at radius 3 is 2.43 bits per heavy atom. The van der Waals surface area contributed by atoms with E-state index in [1.54, 1.807) is 16.3 Å². The molecule has 1 heterocycles. The highest BCUT2D eigenvalue weighted by molar-refractivity contribution is 7.99. The predicted octanol–water partition coefficient (Wildman–Crippen LogP) is 5.12. The van der Waals surface area contributed by atoms with Gasteiger partial charge in [-0.2, -0.15) is 8.78 Å². The normalized spacial score (nSPS) is 11.1. The van der Waals surface area contributed by atoms with Gasteiger partial charge >= 0.3 is 0 Å². The molecule has 21 heavy (non-hydrogen) atoms. The maximum atomic E-state index is 12.7. The molecule has 2 rings (SSSR count). The zero-order valence-electron chi connectivity index (χ0n) is 11.6. The van der Waals surface area contributed by atoms with Crippen LogP contribution in [-0.4, -0.2) is 17.7 Å². The molecule has 0 N–H and O–H groups in total. The molecule has 2 nitrogen and oxygen atoms in total. The van der Waals surface area contributed by atoms with Gasteiger partial charge in [0.05, 0.1) is 0 Å². The molecule has 0 saturated carbocycles. The summed E-state index contributed by atoms with van der Waals surface area (Å²) in [7, 11) is 0. The summed E-state index contributed by atoms with van der Waals surface area (Å²) in [5.74, 6) is -2.77. The van der Waals surface area contributed by atoms with Crippen molar-refractivity contribution in [3.05, 3.63) is 46.7 Å². The van der Waals surface area contributed by atoms with Crippen LogP contribution in [0.1, 0.15) is 23.5 Å². The average Bonchev–Trinajstić information content (AvgIpc) is 2.87. The van der Waals surface area contributed by atoms with Gasteiger partial charge in [-0.15, -0.1) is 11.3 Å². The van der Waals surface area contributed by atoms with Crippen molar-refractivity contribution in [1.82, 2.24) is 0 Å². The molecule has 0 saturated heterocycles. The molecule has 0 bridgehead atoms. The highest BCUT2D eigenvalue weighted by Gasteiger charge is 2.25. The van der Waals surface area contributed by atoms with Crippen LogP contribution in [0.3, 0.4) is 0 Å². The summed E-state index contributed by atoms with van der Waals surface area (Å²) < 4.78 is 25.1. The van der Waals surface area contributed by atoms with Crippen LogP contribution < -0.4 is 4.90 Å². The Morgan fingerprint density at radius 1 is 1.19 bits per heavy atom. The standard InChI is InChI=1S/C15H15F2NOS2/c1-10(2)18(11-6-4-3-5-7-11)14(19)13-12(8-9-20-13)21-15(16)17/h3-10,15H,1-2H3. The van der Waals surface area contributed by atoms with Crippen molar-refractivity contribution >= 4 is 34.7 Å². The second-order valence-corrected chi connectivity index (χ2v) is 6.54. The first-order valence-electron chi connectivity index (χ1n) is 6.41. The quantitative estimate of drug-likeness (QED) is 0.711. The van der Waals surface area contributed by atoms with E-state index in [-0.39, 0.29) is 11.9 Å². The minimum absolute atomic E-state index is 0.0635. The summed E-state index contributed by atoms with van der Waals surface area (Å²) in [6.07, 6.45) is 0. The van der Waals surface area contributed by atoms with Crippen molar-refractivity contribution < 1.29 is 13.6 Å². The van der Waals surface area contributed by atoms with E-state index in [0.717, 1.165) is 5.69 Å². The van der Waals surface area contributed by atoms with Gasteiger partial charge in [0.25, 0.3) is 11.7 Å². The molecule has 0 aliphatic carbocycles. The molecule has 2 aromatic rings. The molecule has 1 amide bonds. The lowest BCUT2D eigenvalue weighted by Gasteiger charge is -2.26. The second kappa shape index (κ2) is 7.04. The van der Waals surface area contributed by atoms with Crippen molar-refractivity contribution in [2.75, 3.05) is 4.90 Å². The van der Waals surface area contributed by atoms with E-state index in [2.05, 4.69) is 0 Å². The molecule has 0 unspecified atom stereocenters. The number of amides is 1. The van der Waals surface area contributed by atoms with Crippen LogP contribution >= 0.6 is 23.1 Å². The SMILES string of the molecule is CC(C)N(C(=O)c1sccc1SC(F)F)c1ccccc1. The van der Waals surface area contributed by atoms with Gasteiger partial charge in [0.1, 0.15) is 4.88 Å². The van der Waals surface area contributed by atoms with E-state index >= 15 is 0 Å². The van der Waals surface area contributed by atoms with Gasteiger partial charge in [-0.25, -0.2) is 0 Å². The Labute approximate surface area is 130 Å². The lowest BCUT2D eigenvalue weighted by molar-refractivity contribution is 0.0981. The third kappa shape index (κ3) is 3.83. The molecule has 0 radical (unpaired) electrons. The maximum Gasteiger partial charge on any atom is 0.288 e. The molecular weight excluding hydrogens is 312 g/mol. The number of thiophene rings is 1. The third-order valence-corrected chi connectivity index (χ3v) is 4.61. The Morgan fingerprint density at radius 2 is 1.86 bits per heavy atom. The van der Waals surface area contributed by atoms with Crippen LogP contribution in [0.15, 0.2) is 46.7 Å². The lowest BCUT2D eigenvalue weighted by Crippen LogP contribution is -2.36. The van der Waals surface area contributed by atoms with Gasteiger partial charge in [0.2, 0.25) is 0 Å². The number of rotatable bonds is 5.